The van der Waals surface area contributed by atoms with Crippen LogP contribution in [0.15, 0.2) is 73.1 Å². The highest BCUT2D eigenvalue weighted by Crippen LogP contribution is 2.18. The lowest BCUT2D eigenvalue weighted by Gasteiger charge is -2.07. The summed E-state index contributed by atoms with van der Waals surface area (Å²) in [6.07, 6.45) is 23.7. The van der Waals surface area contributed by atoms with Gasteiger partial charge in [-0.05, 0) is 43.4 Å². The topological polar surface area (TPSA) is 8.81 Å². The van der Waals surface area contributed by atoms with Crippen molar-refractivity contribution in [3.05, 3.63) is 78.6 Å². The van der Waals surface area contributed by atoms with Crippen molar-refractivity contribution in [3.8, 4) is 11.4 Å². The van der Waals surface area contributed by atoms with E-state index in [9.17, 15) is 0 Å². The van der Waals surface area contributed by atoms with Gasteiger partial charge in [-0.1, -0.05) is 120 Å². The molecule has 0 bridgehead atoms. The molecule has 0 amide bonds. The number of hydrogen-bond donors (Lipinski definition) is 0. The van der Waals surface area contributed by atoms with Gasteiger partial charge in [-0.25, -0.2) is 9.13 Å². The van der Waals surface area contributed by atoms with E-state index in [2.05, 4.69) is 89.1 Å². The van der Waals surface area contributed by atoms with Gasteiger partial charge in [0.15, 0.2) is 0 Å². The van der Waals surface area contributed by atoms with Crippen LogP contribution in [0.3, 0.4) is 0 Å². The van der Waals surface area contributed by atoms with Crippen LogP contribution in [0.25, 0.3) is 11.4 Å². The summed E-state index contributed by atoms with van der Waals surface area (Å²) >= 11 is 0. The number of benzene rings is 2. The Kier molecular flexibility index (Phi) is 12.6. The molecule has 2 nitrogen and oxygen atoms in total. The molecule has 1 heterocycles. The van der Waals surface area contributed by atoms with E-state index in [1.54, 1.807) is 0 Å². The average Bonchev–Trinajstić information content (AvgIpc) is 3.28. The van der Waals surface area contributed by atoms with Gasteiger partial charge in [0.2, 0.25) is 0 Å². The molecule has 0 fully saturated rings. The molecule has 0 saturated carbocycles. The minimum atomic E-state index is 1.06. The summed E-state index contributed by atoms with van der Waals surface area (Å²) < 4.78 is 4.94. The van der Waals surface area contributed by atoms with Gasteiger partial charge >= 0.3 is 0 Å². The number of aryl methyl sites for hydroxylation is 3. The fourth-order valence-corrected chi connectivity index (χ4v) is 4.97. The number of unbranched alkanes of at least 4 members (excludes halogenated alkanes) is 11. The SMILES string of the molecule is CCCCCCCCCCCCCCn1cc[n+](CCCc2ccccc2)c1-c1ccccc1. The molecule has 0 radical (unpaired) electrons. The molecular weight excluding hydrogens is 412 g/mol. The predicted octanol–water partition coefficient (Wildman–Crippen LogP) is 8.78. The van der Waals surface area contributed by atoms with Crippen LogP contribution in [-0.4, -0.2) is 4.57 Å². The molecule has 0 aliphatic rings. The monoisotopic (exact) mass is 459 g/mol. The number of nitrogens with zero attached hydrogens (tertiary/aromatic N) is 2. The predicted molar refractivity (Wildman–Crippen MR) is 146 cm³/mol. The molecule has 0 N–H and O–H groups in total. The molecule has 0 aliphatic heterocycles. The molecular formula is C32H47N2+. The van der Waals surface area contributed by atoms with Crippen LogP contribution < -0.4 is 4.57 Å². The van der Waals surface area contributed by atoms with Crippen molar-refractivity contribution < 1.29 is 4.57 Å². The van der Waals surface area contributed by atoms with E-state index in [0.29, 0.717) is 0 Å². The van der Waals surface area contributed by atoms with Crippen molar-refractivity contribution in [1.29, 1.82) is 0 Å². The van der Waals surface area contributed by atoms with Gasteiger partial charge in [0.05, 0.1) is 18.7 Å². The second kappa shape index (κ2) is 16.3. The standard InChI is InChI=1S/C32H47N2/c1-2-3-4-5-6-7-8-9-10-11-12-19-26-33-28-29-34(32(33)31-24-17-14-18-25-31)27-20-23-30-21-15-13-16-22-30/h13-18,21-22,24-25,28-29H,2-12,19-20,23,26-27H2,1H3/q+1. The molecule has 1 aromatic heterocycles. The molecule has 2 heteroatoms. The highest BCUT2D eigenvalue weighted by Gasteiger charge is 2.18. The van der Waals surface area contributed by atoms with Crippen molar-refractivity contribution in [3.63, 3.8) is 0 Å². The fraction of sp³-hybridized carbons (Fsp3) is 0.531. The Balaban J connectivity index is 1.40. The van der Waals surface area contributed by atoms with E-state index in [4.69, 9.17) is 0 Å². The van der Waals surface area contributed by atoms with Crippen LogP contribution in [0.2, 0.25) is 0 Å². The normalized spacial score (nSPS) is 11.2. The van der Waals surface area contributed by atoms with Crippen molar-refractivity contribution in [2.75, 3.05) is 0 Å². The van der Waals surface area contributed by atoms with Crippen molar-refractivity contribution >= 4 is 0 Å². The third-order valence-electron chi connectivity index (χ3n) is 6.96. The maximum atomic E-state index is 2.48. The zero-order chi connectivity index (χ0) is 23.7. The summed E-state index contributed by atoms with van der Waals surface area (Å²) in [5.74, 6) is 1.36. The van der Waals surface area contributed by atoms with Crippen LogP contribution in [0.1, 0.15) is 96.0 Å². The van der Waals surface area contributed by atoms with Gasteiger partial charge in [0.25, 0.3) is 5.82 Å². The van der Waals surface area contributed by atoms with Gasteiger partial charge in [-0.3, -0.25) is 0 Å². The van der Waals surface area contributed by atoms with Gasteiger partial charge < -0.3 is 0 Å². The molecule has 2 aromatic carbocycles. The summed E-state index contributed by atoms with van der Waals surface area (Å²) in [6, 6.07) is 21.8. The third-order valence-corrected chi connectivity index (χ3v) is 6.96. The van der Waals surface area contributed by atoms with Gasteiger partial charge in [-0.2, -0.15) is 0 Å². The van der Waals surface area contributed by atoms with Crippen molar-refractivity contribution in [2.45, 2.75) is 110 Å². The molecule has 0 spiro atoms. The Morgan fingerprint density at radius 1 is 0.618 bits per heavy atom. The largest absolute Gasteiger partial charge is 0.288 e. The second-order valence-corrected chi connectivity index (χ2v) is 9.85. The zero-order valence-electron chi connectivity index (χ0n) is 21.6. The Morgan fingerprint density at radius 3 is 1.79 bits per heavy atom. The first kappa shape index (κ1) is 26.3. The molecule has 34 heavy (non-hydrogen) atoms. The van der Waals surface area contributed by atoms with E-state index >= 15 is 0 Å². The molecule has 0 unspecified atom stereocenters. The quantitative estimate of drug-likeness (QED) is 0.133. The Hall–Kier alpha value is -2.35. The van der Waals surface area contributed by atoms with Crippen LogP contribution >= 0.6 is 0 Å². The molecule has 3 rings (SSSR count). The first-order chi connectivity index (χ1) is 16.9. The molecule has 0 atom stereocenters. The Morgan fingerprint density at radius 2 is 1.18 bits per heavy atom. The van der Waals surface area contributed by atoms with Crippen LogP contribution in [0, 0.1) is 0 Å². The number of imidazole rings is 1. The average molecular weight is 460 g/mol. The van der Waals surface area contributed by atoms with Crippen LogP contribution in [-0.2, 0) is 19.5 Å². The van der Waals surface area contributed by atoms with Crippen LogP contribution in [0.4, 0.5) is 0 Å². The van der Waals surface area contributed by atoms with Crippen molar-refractivity contribution in [1.82, 2.24) is 4.57 Å². The number of rotatable bonds is 18. The Labute approximate surface area is 209 Å². The molecule has 0 saturated heterocycles. The first-order valence-corrected chi connectivity index (χ1v) is 14.1. The lowest BCUT2D eigenvalue weighted by Crippen LogP contribution is -2.35. The summed E-state index contributed by atoms with van der Waals surface area (Å²) in [5.41, 5.74) is 2.76. The summed E-state index contributed by atoms with van der Waals surface area (Å²) in [4.78, 5) is 0. The number of hydrogen-bond acceptors (Lipinski definition) is 0. The molecule has 0 aliphatic carbocycles. The molecule has 184 valence electrons. The van der Waals surface area contributed by atoms with E-state index in [-0.39, 0.29) is 0 Å². The summed E-state index contributed by atoms with van der Waals surface area (Å²) in [5, 5.41) is 0. The molecule has 3 aromatic rings. The zero-order valence-corrected chi connectivity index (χ0v) is 21.6. The van der Waals surface area contributed by atoms with Crippen LogP contribution in [0.5, 0.6) is 0 Å². The fourth-order valence-electron chi connectivity index (χ4n) is 4.97. The number of aromatic nitrogens is 2. The maximum absolute atomic E-state index is 2.48. The van der Waals surface area contributed by atoms with E-state index in [1.807, 2.05) is 0 Å². The summed E-state index contributed by atoms with van der Waals surface area (Å²) in [7, 11) is 0. The van der Waals surface area contributed by atoms with Gasteiger partial charge in [-0.15, -0.1) is 0 Å². The third kappa shape index (κ3) is 9.49. The van der Waals surface area contributed by atoms with E-state index in [0.717, 1.165) is 25.9 Å². The lowest BCUT2D eigenvalue weighted by atomic mass is 10.1. The second-order valence-electron chi connectivity index (χ2n) is 9.85. The Bertz CT molecular complexity index is 882. The first-order valence-electron chi connectivity index (χ1n) is 14.1. The van der Waals surface area contributed by atoms with Gasteiger partial charge in [0, 0.05) is 0 Å². The lowest BCUT2D eigenvalue weighted by molar-refractivity contribution is -0.685. The van der Waals surface area contributed by atoms with Gasteiger partial charge in [0.1, 0.15) is 12.4 Å². The highest BCUT2D eigenvalue weighted by molar-refractivity contribution is 5.52. The van der Waals surface area contributed by atoms with E-state index < -0.39 is 0 Å². The smallest absolute Gasteiger partial charge is 0.230 e. The summed E-state index contributed by atoms with van der Waals surface area (Å²) in [6.45, 7) is 4.47. The minimum absolute atomic E-state index is 1.06. The maximum Gasteiger partial charge on any atom is 0.288 e. The van der Waals surface area contributed by atoms with E-state index in [1.165, 1.54) is 94.0 Å². The van der Waals surface area contributed by atoms with Crippen molar-refractivity contribution in [2.24, 2.45) is 0 Å². The highest BCUT2D eigenvalue weighted by atomic mass is 15.1. The minimum Gasteiger partial charge on any atom is -0.230 e.